The van der Waals surface area contributed by atoms with Crippen LogP contribution >= 0.6 is 0 Å². The molecule has 0 aliphatic rings. The van der Waals surface area contributed by atoms with Gasteiger partial charge in [0.1, 0.15) is 5.65 Å². The molecule has 33 heavy (non-hydrogen) atoms. The normalized spacial score (nSPS) is 13.2. The fourth-order valence-electron chi connectivity index (χ4n) is 4.98. The Morgan fingerprint density at radius 2 is 1.36 bits per heavy atom. The van der Waals surface area contributed by atoms with Crippen molar-refractivity contribution in [1.29, 1.82) is 0 Å². The molecule has 4 aromatic heterocycles. The molecule has 0 amide bonds. The van der Waals surface area contributed by atoms with E-state index in [1.54, 1.807) is 0 Å². The molecule has 0 aliphatic heterocycles. The van der Waals surface area contributed by atoms with Crippen LogP contribution in [0.2, 0.25) is 0 Å². The first-order valence-corrected chi connectivity index (χ1v) is 11.7. The average molecular weight is 432 g/mol. The van der Waals surface area contributed by atoms with Gasteiger partial charge in [0.15, 0.2) is 0 Å². The Balaban J connectivity index is 1.71. The van der Waals surface area contributed by atoms with Crippen LogP contribution in [0.4, 0.5) is 0 Å². The summed E-state index contributed by atoms with van der Waals surface area (Å²) >= 11 is 0. The minimum Gasteiger partial charge on any atom is -0.293 e. The summed E-state index contributed by atoms with van der Waals surface area (Å²) in [6, 6.07) is 20.0. The second kappa shape index (κ2) is 6.54. The Labute approximate surface area is 194 Å². The quantitative estimate of drug-likeness (QED) is 0.265. The minimum absolute atomic E-state index is 0.0598. The van der Waals surface area contributed by atoms with Gasteiger partial charge in [0, 0.05) is 39.5 Å². The number of rotatable bonds is 1. The first kappa shape index (κ1) is 20.2. The van der Waals surface area contributed by atoms with Crippen LogP contribution < -0.4 is 0 Å². The van der Waals surface area contributed by atoms with Gasteiger partial charge in [-0.3, -0.25) is 9.38 Å². The second-order valence-corrected chi connectivity index (χ2v) is 11.3. The Hall–Kier alpha value is -3.46. The zero-order valence-corrected chi connectivity index (χ0v) is 20.2. The van der Waals surface area contributed by atoms with Crippen molar-refractivity contribution in [3.05, 3.63) is 78.1 Å². The number of pyridine rings is 2. The highest BCUT2D eigenvalue weighted by Crippen LogP contribution is 2.42. The molecule has 0 saturated carbocycles. The molecule has 0 aliphatic carbocycles. The molecule has 0 bridgehead atoms. The van der Waals surface area contributed by atoms with E-state index in [9.17, 15) is 0 Å². The van der Waals surface area contributed by atoms with E-state index < -0.39 is 0 Å². The molecule has 0 spiro atoms. The van der Waals surface area contributed by atoms with Gasteiger partial charge in [-0.05, 0) is 58.4 Å². The molecule has 0 radical (unpaired) electrons. The Morgan fingerprint density at radius 3 is 2.09 bits per heavy atom. The third kappa shape index (κ3) is 2.95. The number of fused-ring (bicyclic) bond motifs is 6. The van der Waals surface area contributed by atoms with E-state index >= 15 is 0 Å². The highest BCUT2D eigenvalue weighted by Gasteiger charge is 2.23. The molecule has 0 fully saturated rings. The van der Waals surface area contributed by atoms with Crippen LogP contribution in [0.15, 0.2) is 67.0 Å². The van der Waals surface area contributed by atoms with Gasteiger partial charge in [-0.15, -0.1) is 0 Å². The standard InChI is InChI=1S/C30H29N3/c1-29(2,3)19-11-12-31-25(16-19)18-13-24-23-15-20(30(4,5)6)14-22-21-9-7-8-10-26(21)33(27(22)23)28(24)32-17-18/h7-17H,1-6H3. The maximum Gasteiger partial charge on any atom is 0.145 e. The molecule has 0 atom stereocenters. The maximum atomic E-state index is 5.00. The molecule has 4 heterocycles. The van der Waals surface area contributed by atoms with Gasteiger partial charge < -0.3 is 0 Å². The van der Waals surface area contributed by atoms with Crippen LogP contribution in [0.3, 0.4) is 0 Å². The highest BCUT2D eigenvalue weighted by molar-refractivity contribution is 6.23. The minimum atomic E-state index is 0.0598. The van der Waals surface area contributed by atoms with E-state index in [1.165, 1.54) is 43.7 Å². The lowest BCUT2D eigenvalue weighted by atomic mass is 9.85. The summed E-state index contributed by atoms with van der Waals surface area (Å²) in [5.41, 5.74) is 8.29. The lowest BCUT2D eigenvalue weighted by Crippen LogP contribution is -2.11. The monoisotopic (exact) mass is 431 g/mol. The number of benzene rings is 2. The van der Waals surface area contributed by atoms with Gasteiger partial charge in [0.25, 0.3) is 0 Å². The number of para-hydroxylation sites is 1. The lowest BCUT2D eigenvalue weighted by molar-refractivity contribution is 0.589. The van der Waals surface area contributed by atoms with Gasteiger partial charge in [-0.2, -0.15) is 0 Å². The summed E-state index contributed by atoms with van der Waals surface area (Å²) in [7, 11) is 0. The fourth-order valence-corrected chi connectivity index (χ4v) is 4.98. The van der Waals surface area contributed by atoms with Crippen molar-refractivity contribution in [1.82, 2.24) is 14.4 Å². The van der Waals surface area contributed by atoms with E-state index in [4.69, 9.17) is 9.97 Å². The van der Waals surface area contributed by atoms with E-state index in [0.717, 1.165) is 16.9 Å². The Bertz CT molecular complexity index is 1670. The molecule has 0 saturated heterocycles. The van der Waals surface area contributed by atoms with Crippen molar-refractivity contribution in [2.75, 3.05) is 0 Å². The summed E-state index contributed by atoms with van der Waals surface area (Å²) in [5.74, 6) is 0. The fraction of sp³-hybridized carbons (Fsp3) is 0.267. The first-order valence-electron chi connectivity index (χ1n) is 11.7. The second-order valence-electron chi connectivity index (χ2n) is 11.3. The summed E-state index contributed by atoms with van der Waals surface area (Å²) in [6.45, 7) is 13.6. The molecular formula is C30H29N3. The predicted octanol–water partition coefficient (Wildman–Crippen LogP) is 7.89. The van der Waals surface area contributed by atoms with Gasteiger partial charge in [0.05, 0.1) is 16.7 Å². The summed E-state index contributed by atoms with van der Waals surface area (Å²) in [4.78, 5) is 9.70. The Morgan fingerprint density at radius 1 is 0.667 bits per heavy atom. The zero-order chi connectivity index (χ0) is 23.1. The van der Waals surface area contributed by atoms with E-state index in [0.29, 0.717) is 0 Å². The molecule has 2 aromatic carbocycles. The SMILES string of the molecule is CC(C)(C)c1ccnc(-c2cnc3c(c2)c2cc(C(C)(C)C)cc4c5ccccc5n3c42)c1. The molecule has 164 valence electrons. The largest absolute Gasteiger partial charge is 0.293 e. The van der Waals surface area contributed by atoms with Crippen LogP contribution in [-0.4, -0.2) is 14.4 Å². The molecule has 3 nitrogen and oxygen atoms in total. The average Bonchev–Trinajstić information content (AvgIpc) is 3.29. The summed E-state index contributed by atoms with van der Waals surface area (Å²) < 4.78 is 2.34. The first-order chi connectivity index (χ1) is 15.6. The highest BCUT2D eigenvalue weighted by atomic mass is 15.0. The van der Waals surface area contributed by atoms with Gasteiger partial charge in [-0.1, -0.05) is 59.7 Å². The van der Waals surface area contributed by atoms with Crippen LogP contribution in [0.25, 0.3) is 49.5 Å². The molecular weight excluding hydrogens is 402 g/mol. The summed E-state index contributed by atoms with van der Waals surface area (Å²) in [5, 5.41) is 5.05. The molecule has 3 heteroatoms. The smallest absolute Gasteiger partial charge is 0.145 e. The number of nitrogens with zero attached hydrogens (tertiary/aromatic N) is 3. The van der Waals surface area contributed by atoms with Crippen molar-refractivity contribution in [3.63, 3.8) is 0 Å². The van der Waals surface area contributed by atoms with Crippen molar-refractivity contribution >= 4 is 38.2 Å². The van der Waals surface area contributed by atoms with Gasteiger partial charge >= 0.3 is 0 Å². The van der Waals surface area contributed by atoms with Gasteiger partial charge in [0.2, 0.25) is 0 Å². The van der Waals surface area contributed by atoms with Crippen LogP contribution in [-0.2, 0) is 10.8 Å². The topological polar surface area (TPSA) is 30.2 Å². The number of hydrogen-bond donors (Lipinski definition) is 0. The number of aromatic nitrogens is 3. The van der Waals surface area contributed by atoms with E-state index in [1.807, 2.05) is 12.4 Å². The van der Waals surface area contributed by atoms with Crippen LogP contribution in [0, 0.1) is 0 Å². The molecule has 6 aromatic rings. The third-order valence-corrected chi connectivity index (χ3v) is 6.93. The maximum absolute atomic E-state index is 5.00. The third-order valence-electron chi connectivity index (χ3n) is 6.93. The van der Waals surface area contributed by atoms with Crippen molar-refractivity contribution in [3.8, 4) is 11.3 Å². The van der Waals surface area contributed by atoms with Crippen molar-refractivity contribution in [2.45, 2.75) is 52.4 Å². The zero-order valence-electron chi connectivity index (χ0n) is 20.2. The molecule has 6 rings (SSSR count). The van der Waals surface area contributed by atoms with Gasteiger partial charge in [-0.25, -0.2) is 4.98 Å². The van der Waals surface area contributed by atoms with E-state index in [-0.39, 0.29) is 10.8 Å². The van der Waals surface area contributed by atoms with E-state index in [2.05, 4.69) is 101 Å². The molecule has 0 N–H and O–H groups in total. The van der Waals surface area contributed by atoms with Crippen LogP contribution in [0.1, 0.15) is 52.7 Å². The Kier molecular flexibility index (Phi) is 4.00. The van der Waals surface area contributed by atoms with Crippen molar-refractivity contribution in [2.24, 2.45) is 0 Å². The van der Waals surface area contributed by atoms with Crippen LogP contribution in [0.5, 0.6) is 0 Å². The number of hydrogen-bond acceptors (Lipinski definition) is 2. The predicted molar refractivity (Wildman–Crippen MR) is 140 cm³/mol. The summed E-state index contributed by atoms with van der Waals surface area (Å²) in [6.07, 6.45) is 3.89. The van der Waals surface area contributed by atoms with Crippen molar-refractivity contribution < 1.29 is 0 Å². The lowest BCUT2D eigenvalue weighted by Gasteiger charge is -2.19. The molecule has 0 unspecified atom stereocenters.